The number of nitrogens with zero attached hydrogens (tertiary/aromatic N) is 4. The summed E-state index contributed by atoms with van der Waals surface area (Å²) in [4.78, 5) is 12.0. The van der Waals surface area contributed by atoms with Crippen LogP contribution < -0.4 is 0 Å². The molecule has 136 valence electrons. The lowest BCUT2D eigenvalue weighted by Crippen LogP contribution is -2.36. The molecular weight excluding hydrogens is 342 g/mol. The Balaban J connectivity index is 1.79. The van der Waals surface area contributed by atoms with Crippen LogP contribution in [0.5, 0.6) is 0 Å². The van der Waals surface area contributed by atoms with Gasteiger partial charge in [0.2, 0.25) is 0 Å². The average Bonchev–Trinajstić information content (AvgIpc) is 3.31. The monoisotopic (exact) mass is 367 g/mol. The minimum absolute atomic E-state index is 0.144. The fourth-order valence-electron chi connectivity index (χ4n) is 3.97. The molecule has 0 fully saturated rings. The summed E-state index contributed by atoms with van der Waals surface area (Å²) in [6.45, 7) is 13.0. The molecule has 0 spiro atoms. The van der Waals surface area contributed by atoms with Crippen molar-refractivity contribution in [3.05, 3.63) is 69.2 Å². The third-order valence-electron chi connectivity index (χ3n) is 5.35. The number of rotatable bonds is 5. The first-order valence-electron chi connectivity index (χ1n) is 9.04. The van der Waals surface area contributed by atoms with Gasteiger partial charge in [0.15, 0.2) is 0 Å². The van der Waals surface area contributed by atoms with Gasteiger partial charge in [-0.05, 0) is 37.8 Å². The van der Waals surface area contributed by atoms with E-state index in [1.807, 2.05) is 28.4 Å². The second-order valence-corrected chi connectivity index (χ2v) is 7.97. The quantitative estimate of drug-likeness (QED) is 0.695. The van der Waals surface area contributed by atoms with E-state index in [9.17, 15) is 0 Å². The fraction of sp³-hybridized carbons (Fsp3) is 0.400. The summed E-state index contributed by atoms with van der Waals surface area (Å²) in [7, 11) is 0. The van der Waals surface area contributed by atoms with Crippen LogP contribution in [-0.2, 0) is 19.5 Å². The molecule has 1 atom stereocenters. The maximum absolute atomic E-state index is 4.76. The number of aryl methyl sites for hydroxylation is 2. The Morgan fingerprint density at radius 3 is 2.96 bits per heavy atom. The predicted molar refractivity (Wildman–Crippen MR) is 105 cm³/mol. The molecule has 0 saturated heterocycles. The first-order chi connectivity index (χ1) is 12.6. The third-order valence-corrected chi connectivity index (χ3v) is 6.36. The molecule has 0 aromatic carbocycles. The molecule has 1 aliphatic rings. The lowest BCUT2D eigenvalue weighted by molar-refractivity contribution is 0.200. The number of aromatic amines is 1. The maximum Gasteiger partial charge on any atom is 0.0926 e. The topological polar surface area (TPSA) is 49.7 Å². The predicted octanol–water partition coefficient (Wildman–Crippen LogP) is 3.93. The number of nitrogens with one attached hydrogen (secondary N) is 1. The van der Waals surface area contributed by atoms with Gasteiger partial charge in [-0.25, -0.2) is 4.98 Å². The van der Waals surface area contributed by atoms with Crippen molar-refractivity contribution in [1.82, 2.24) is 24.6 Å². The number of hydrogen-bond donors (Lipinski definition) is 1. The third kappa shape index (κ3) is 2.83. The van der Waals surface area contributed by atoms with Gasteiger partial charge in [0, 0.05) is 41.3 Å². The van der Waals surface area contributed by atoms with Gasteiger partial charge in [-0.15, -0.1) is 17.9 Å². The highest BCUT2D eigenvalue weighted by Crippen LogP contribution is 2.38. The van der Waals surface area contributed by atoms with Gasteiger partial charge in [0.25, 0.3) is 0 Å². The molecule has 4 rings (SSSR count). The summed E-state index contributed by atoms with van der Waals surface area (Å²) in [5, 5.41) is 6.95. The van der Waals surface area contributed by atoms with Gasteiger partial charge in [-0.1, -0.05) is 6.08 Å². The van der Waals surface area contributed by atoms with Crippen molar-refractivity contribution >= 4 is 11.3 Å². The van der Waals surface area contributed by atoms with Gasteiger partial charge in [0.1, 0.15) is 0 Å². The number of thiophene rings is 1. The van der Waals surface area contributed by atoms with Gasteiger partial charge >= 0.3 is 0 Å². The molecule has 3 aromatic heterocycles. The zero-order valence-corrected chi connectivity index (χ0v) is 16.4. The van der Waals surface area contributed by atoms with Gasteiger partial charge in [-0.3, -0.25) is 9.58 Å². The number of aromatic nitrogens is 4. The van der Waals surface area contributed by atoms with Crippen LogP contribution in [0.15, 0.2) is 30.4 Å². The summed E-state index contributed by atoms with van der Waals surface area (Å²) in [5.74, 6) is 0. The lowest BCUT2D eigenvalue weighted by Gasteiger charge is -2.35. The Morgan fingerprint density at radius 1 is 1.38 bits per heavy atom. The van der Waals surface area contributed by atoms with Crippen LogP contribution in [0.25, 0.3) is 0 Å². The molecule has 0 unspecified atom stereocenters. The van der Waals surface area contributed by atoms with Crippen molar-refractivity contribution in [1.29, 1.82) is 0 Å². The smallest absolute Gasteiger partial charge is 0.0926 e. The highest BCUT2D eigenvalue weighted by atomic mass is 32.1. The number of allylic oxidation sites excluding steroid dienone is 1. The van der Waals surface area contributed by atoms with Crippen LogP contribution >= 0.6 is 11.3 Å². The van der Waals surface area contributed by atoms with E-state index < -0.39 is 0 Å². The molecular formula is C20H25N5S. The van der Waals surface area contributed by atoms with Crippen LogP contribution in [0.1, 0.15) is 44.8 Å². The van der Waals surface area contributed by atoms with E-state index in [1.54, 1.807) is 0 Å². The Morgan fingerprint density at radius 2 is 2.23 bits per heavy atom. The molecule has 0 radical (unpaired) electrons. The Bertz CT molecular complexity index is 932. The number of hydrogen-bond acceptors (Lipinski definition) is 4. The van der Waals surface area contributed by atoms with E-state index >= 15 is 0 Å². The van der Waals surface area contributed by atoms with E-state index in [0.29, 0.717) is 0 Å². The molecule has 1 N–H and O–H groups in total. The molecule has 3 aromatic rings. The Labute approximate surface area is 158 Å². The lowest BCUT2D eigenvalue weighted by atomic mass is 9.94. The minimum atomic E-state index is 0.144. The van der Waals surface area contributed by atoms with Crippen molar-refractivity contribution in [2.45, 2.75) is 46.3 Å². The van der Waals surface area contributed by atoms with E-state index in [1.165, 1.54) is 27.4 Å². The van der Waals surface area contributed by atoms with Crippen molar-refractivity contribution in [3.8, 4) is 0 Å². The summed E-state index contributed by atoms with van der Waals surface area (Å²) < 4.78 is 2.05. The first-order valence-corrected chi connectivity index (χ1v) is 9.92. The fourth-order valence-corrected chi connectivity index (χ4v) is 4.90. The van der Waals surface area contributed by atoms with E-state index in [4.69, 9.17) is 10.1 Å². The molecule has 6 heteroatoms. The SMILES string of the molecule is C=CCn1nc(C)c([C@@H]2c3nc[nH]c3CCN2Cc2sccc2C)c1C. The maximum atomic E-state index is 4.76. The molecule has 5 nitrogen and oxygen atoms in total. The second kappa shape index (κ2) is 6.85. The number of H-pyrrole nitrogens is 1. The van der Waals surface area contributed by atoms with Crippen molar-refractivity contribution < 1.29 is 0 Å². The normalized spacial score (nSPS) is 17.4. The van der Waals surface area contributed by atoms with Crippen LogP contribution in [0.4, 0.5) is 0 Å². The van der Waals surface area contributed by atoms with Crippen LogP contribution in [0.3, 0.4) is 0 Å². The van der Waals surface area contributed by atoms with Gasteiger partial charge < -0.3 is 4.98 Å². The molecule has 0 saturated carbocycles. The Hall–Kier alpha value is -2.18. The standard InChI is InChI=1S/C20H25N5S/c1-5-8-25-15(4)18(14(3)23-25)20-19-16(21-12-22-19)6-9-24(20)11-17-13(2)7-10-26-17/h5,7,10,12,20H,1,6,8-9,11H2,2-4H3,(H,21,22)/t20-/m1/s1. The summed E-state index contributed by atoms with van der Waals surface area (Å²) in [6.07, 6.45) is 4.74. The number of imidazole rings is 1. The molecule has 26 heavy (non-hydrogen) atoms. The highest BCUT2D eigenvalue weighted by molar-refractivity contribution is 7.10. The van der Waals surface area contributed by atoms with Crippen LogP contribution in [-0.4, -0.2) is 31.2 Å². The second-order valence-electron chi connectivity index (χ2n) is 6.97. The Kier molecular flexibility index (Phi) is 4.54. The molecule has 1 aliphatic heterocycles. The van der Waals surface area contributed by atoms with E-state index in [2.05, 4.69) is 48.7 Å². The van der Waals surface area contributed by atoms with Crippen molar-refractivity contribution in [2.75, 3.05) is 6.54 Å². The largest absolute Gasteiger partial charge is 0.348 e. The van der Waals surface area contributed by atoms with E-state index in [0.717, 1.165) is 37.4 Å². The van der Waals surface area contributed by atoms with Crippen LogP contribution in [0.2, 0.25) is 0 Å². The van der Waals surface area contributed by atoms with Crippen molar-refractivity contribution in [2.24, 2.45) is 0 Å². The summed E-state index contributed by atoms with van der Waals surface area (Å²) in [6, 6.07) is 2.35. The van der Waals surface area contributed by atoms with Gasteiger partial charge in [-0.2, -0.15) is 5.10 Å². The zero-order valence-electron chi connectivity index (χ0n) is 15.6. The molecule has 0 bridgehead atoms. The zero-order chi connectivity index (χ0) is 18.3. The van der Waals surface area contributed by atoms with Crippen molar-refractivity contribution in [3.63, 3.8) is 0 Å². The summed E-state index contributed by atoms with van der Waals surface area (Å²) in [5.41, 5.74) is 7.35. The van der Waals surface area contributed by atoms with Crippen LogP contribution in [0, 0.1) is 20.8 Å². The average molecular weight is 368 g/mol. The van der Waals surface area contributed by atoms with E-state index in [-0.39, 0.29) is 6.04 Å². The number of fused-ring (bicyclic) bond motifs is 1. The summed E-state index contributed by atoms with van der Waals surface area (Å²) >= 11 is 1.84. The molecule has 0 amide bonds. The minimum Gasteiger partial charge on any atom is -0.348 e. The highest BCUT2D eigenvalue weighted by Gasteiger charge is 2.35. The molecule has 0 aliphatic carbocycles. The van der Waals surface area contributed by atoms with Gasteiger partial charge in [0.05, 0.1) is 30.3 Å². The molecule has 4 heterocycles. The first kappa shape index (κ1) is 17.2.